The molecule has 194 valence electrons. The fourth-order valence-corrected chi connectivity index (χ4v) is 4.65. The molecule has 0 bridgehead atoms. The van der Waals surface area contributed by atoms with E-state index in [1.165, 1.54) is 18.9 Å². The number of hydrogen-bond acceptors (Lipinski definition) is 8. The lowest BCUT2D eigenvalue weighted by Gasteiger charge is -2.41. The van der Waals surface area contributed by atoms with E-state index in [1.54, 1.807) is 48.5 Å². The van der Waals surface area contributed by atoms with Crippen molar-refractivity contribution in [3.63, 3.8) is 0 Å². The number of primary amides is 1. The first kappa shape index (κ1) is 27.5. The summed E-state index contributed by atoms with van der Waals surface area (Å²) >= 11 is 1.47. The number of nitrogens with two attached hydrogens (primary N) is 1. The second-order valence-electron chi connectivity index (χ2n) is 8.76. The number of ether oxygens (including phenoxy) is 1. The summed E-state index contributed by atoms with van der Waals surface area (Å²) in [5, 5.41) is 37.1. The molecule has 3 amide bonds. The molecule has 11 heteroatoms. The first-order valence-electron chi connectivity index (χ1n) is 11.3. The minimum atomic E-state index is -2.17. The Morgan fingerprint density at radius 2 is 1.86 bits per heavy atom. The smallest absolute Gasteiger partial charge is 0.255 e. The van der Waals surface area contributed by atoms with Crippen LogP contribution in [0, 0.1) is 0 Å². The molecule has 10 nitrogen and oxygen atoms in total. The lowest BCUT2D eigenvalue weighted by atomic mass is 9.77. The normalized spacial score (nSPS) is 24.4. The van der Waals surface area contributed by atoms with E-state index in [0.29, 0.717) is 5.75 Å². The van der Waals surface area contributed by atoms with E-state index in [4.69, 9.17) is 10.5 Å². The molecule has 0 aromatic heterocycles. The Morgan fingerprint density at radius 1 is 1.17 bits per heavy atom. The molecule has 0 spiro atoms. The molecule has 5 unspecified atom stereocenters. The largest absolute Gasteiger partial charge is 0.496 e. The van der Waals surface area contributed by atoms with Crippen molar-refractivity contribution in [2.45, 2.75) is 54.1 Å². The summed E-state index contributed by atoms with van der Waals surface area (Å²) in [6.07, 6.45) is -1.85. The number of rotatable bonds is 9. The van der Waals surface area contributed by atoms with Crippen LogP contribution in [-0.2, 0) is 16.0 Å². The predicted molar refractivity (Wildman–Crippen MR) is 133 cm³/mol. The van der Waals surface area contributed by atoms with E-state index in [-0.39, 0.29) is 12.0 Å². The van der Waals surface area contributed by atoms with Crippen molar-refractivity contribution in [3.8, 4) is 5.75 Å². The maximum atomic E-state index is 13.1. The fraction of sp³-hybridized carbons (Fsp3) is 0.400. The van der Waals surface area contributed by atoms with Crippen LogP contribution in [0.2, 0.25) is 0 Å². The van der Waals surface area contributed by atoms with Crippen molar-refractivity contribution >= 4 is 29.5 Å². The van der Waals surface area contributed by atoms with Gasteiger partial charge in [-0.05, 0) is 30.0 Å². The van der Waals surface area contributed by atoms with E-state index in [9.17, 15) is 29.7 Å². The number of hydrogen-bond donors (Lipinski definition) is 6. The van der Waals surface area contributed by atoms with E-state index in [1.807, 2.05) is 6.26 Å². The molecular weight excluding hydrogens is 486 g/mol. The van der Waals surface area contributed by atoms with Gasteiger partial charge in [0.2, 0.25) is 5.91 Å². The number of aliphatic hydroxyl groups is 3. The third-order valence-corrected chi connectivity index (χ3v) is 6.96. The van der Waals surface area contributed by atoms with Crippen molar-refractivity contribution in [2.75, 3.05) is 13.4 Å². The van der Waals surface area contributed by atoms with Crippen molar-refractivity contribution in [1.82, 2.24) is 10.6 Å². The van der Waals surface area contributed by atoms with Crippen LogP contribution in [0.25, 0.3) is 0 Å². The van der Waals surface area contributed by atoms with Crippen LogP contribution >= 0.6 is 11.8 Å². The lowest BCUT2D eigenvalue weighted by molar-refractivity contribution is -0.159. The highest BCUT2D eigenvalue weighted by Crippen LogP contribution is 2.31. The zero-order chi connectivity index (χ0) is 26.5. The summed E-state index contributed by atoms with van der Waals surface area (Å²) in [4.78, 5) is 38.9. The Bertz CT molecular complexity index is 1100. The number of nitrogens with one attached hydrogen (secondary N) is 2. The van der Waals surface area contributed by atoms with Gasteiger partial charge in [0.1, 0.15) is 23.5 Å². The van der Waals surface area contributed by atoms with E-state index in [2.05, 4.69) is 10.6 Å². The molecular formula is C25H31N3O7S. The lowest BCUT2D eigenvalue weighted by Crippen LogP contribution is -2.64. The minimum absolute atomic E-state index is 0.106. The Morgan fingerprint density at radius 3 is 2.47 bits per heavy atom. The van der Waals surface area contributed by atoms with Gasteiger partial charge in [-0.3, -0.25) is 14.4 Å². The molecule has 1 fully saturated rings. The number of benzene rings is 2. The average Bonchev–Trinajstić information content (AvgIpc) is 2.86. The summed E-state index contributed by atoms with van der Waals surface area (Å²) in [5.74, 6) is -2.03. The molecule has 0 heterocycles. The summed E-state index contributed by atoms with van der Waals surface area (Å²) in [7, 11) is 1.42. The van der Waals surface area contributed by atoms with Crippen LogP contribution in [0.3, 0.4) is 0 Å². The Hall–Kier alpha value is -3.12. The molecule has 1 saturated carbocycles. The molecule has 7 N–H and O–H groups in total. The van der Waals surface area contributed by atoms with Gasteiger partial charge in [-0.2, -0.15) is 0 Å². The molecule has 1 aliphatic carbocycles. The van der Waals surface area contributed by atoms with E-state index < -0.39 is 60.5 Å². The van der Waals surface area contributed by atoms with Crippen molar-refractivity contribution < 1.29 is 34.4 Å². The second kappa shape index (κ2) is 11.7. The fourth-order valence-electron chi connectivity index (χ4n) is 4.22. The van der Waals surface area contributed by atoms with Crippen molar-refractivity contribution in [1.29, 1.82) is 0 Å². The Balaban J connectivity index is 1.76. The number of aliphatic hydroxyl groups excluding tert-OH is 2. The zero-order valence-corrected chi connectivity index (χ0v) is 20.8. The van der Waals surface area contributed by atoms with E-state index in [0.717, 1.165) is 10.5 Å². The minimum Gasteiger partial charge on any atom is -0.496 e. The van der Waals surface area contributed by atoms with E-state index >= 15 is 0 Å². The van der Waals surface area contributed by atoms with Gasteiger partial charge >= 0.3 is 0 Å². The molecule has 0 saturated heterocycles. The van der Waals surface area contributed by atoms with Crippen LogP contribution in [0.4, 0.5) is 0 Å². The first-order valence-corrected chi connectivity index (χ1v) is 12.6. The predicted octanol–water partition coefficient (Wildman–Crippen LogP) is -0.0250. The van der Waals surface area contributed by atoms with Crippen LogP contribution in [0.15, 0.2) is 53.4 Å². The molecule has 1 aliphatic rings. The van der Waals surface area contributed by atoms with Crippen LogP contribution in [-0.4, -0.2) is 76.3 Å². The van der Waals surface area contributed by atoms with Gasteiger partial charge in [-0.25, -0.2) is 0 Å². The highest BCUT2D eigenvalue weighted by Gasteiger charge is 2.49. The van der Waals surface area contributed by atoms with Gasteiger partial charge < -0.3 is 36.4 Å². The first-order chi connectivity index (χ1) is 17.1. The van der Waals surface area contributed by atoms with Crippen LogP contribution < -0.4 is 21.1 Å². The van der Waals surface area contributed by atoms with Gasteiger partial charge in [-0.15, -0.1) is 11.8 Å². The van der Waals surface area contributed by atoms with Crippen LogP contribution in [0.5, 0.6) is 5.75 Å². The molecule has 0 aliphatic heterocycles. The van der Waals surface area contributed by atoms with Gasteiger partial charge in [0, 0.05) is 24.2 Å². The number of amides is 3. The topological polar surface area (TPSA) is 171 Å². The van der Waals surface area contributed by atoms with Gasteiger partial charge in [0.05, 0.1) is 24.8 Å². The number of carbonyl (C=O) groups is 3. The molecule has 2 aromatic carbocycles. The quantitative estimate of drug-likeness (QED) is 0.252. The second-order valence-corrected chi connectivity index (χ2v) is 9.64. The maximum Gasteiger partial charge on any atom is 0.255 e. The molecule has 0 radical (unpaired) electrons. The SMILES string of the molecule is COc1cc(SC)ccc1C(=O)NC1CC(O)(C(=O)NC(Cc2ccccc2)C(N)=O)CC(O)C1O. The molecule has 36 heavy (non-hydrogen) atoms. The molecule has 2 aromatic rings. The summed E-state index contributed by atoms with van der Waals surface area (Å²) < 4.78 is 5.30. The summed E-state index contributed by atoms with van der Waals surface area (Å²) in [6.45, 7) is 0. The van der Waals surface area contributed by atoms with Gasteiger partial charge in [0.25, 0.3) is 11.8 Å². The van der Waals surface area contributed by atoms with Gasteiger partial charge in [0.15, 0.2) is 0 Å². The summed E-state index contributed by atoms with van der Waals surface area (Å²) in [6, 6.07) is 11.6. The highest BCUT2D eigenvalue weighted by molar-refractivity contribution is 7.98. The van der Waals surface area contributed by atoms with Crippen molar-refractivity contribution in [3.05, 3.63) is 59.7 Å². The Labute approximate surface area is 213 Å². The third kappa shape index (κ3) is 6.35. The maximum absolute atomic E-state index is 13.1. The highest BCUT2D eigenvalue weighted by atomic mass is 32.2. The zero-order valence-electron chi connectivity index (χ0n) is 20.0. The monoisotopic (exact) mass is 517 g/mol. The van der Waals surface area contributed by atoms with Crippen LogP contribution in [0.1, 0.15) is 28.8 Å². The number of thioether (sulfide) groups is 1. The third-order valence-electron chi connectivity index (χ3n) is 6.23. The molecule has 3 rings (SSSR count). The van der Waals surface area contributed by atoms with Crippen molar-refractivity contribution in [2.24, 2.45) is 5.73 Å². The molecule has 5 atom stereocenters. The summed E-state index contributed by atoms with van der Waals surface area (Å²) in [5.41, 5.74) is 4.23. The standard InChI is InChI=1S/C25H31N3O7S/c1-35-20-11-15(36-2)8-9-16(20)23(32)27-18-12-25(34,13-19(29)21(18)30)24(33)28-17(22(26)31)10-14-6-4-3-5-7-14/h3-9,11,17-19,21,29-30,34H,10,12-13H2,1-2H3,(H2,26,31)(H,27,32)(H,28,33). The van der Waals surface area contributed by atoms with Gasteiger partial charge in [-0.1, -0.05) is 30.3 Å². The number of carbonyl (C=O) groups excluding carboxylic acids is 3. The average molecular weight is 518 g/mol. The Kier molecular flexibility index (Phi) is 8.96. The number of methoxy groups -OCH3 is 1.